The van der Waals surface area contributed by atoms with Gasteiger partial charge in [0.15, 0.2) is 0 Å². The Morgan fingerprint density at radius 2 is 1.38 bits per heavy atom. The summed E-state index contributed by atoms with van der Waals surface area (Å²) in [5, 5.41) is 0. The minimum atomic E-state index is -2.33. The standard InChI is InChI=1S/C12H29O3P/c1-5-9-10-11-12-15-16(8-4,13-6-2)14-7-3/h16H,5-12H2,1-4H3. The van der Waals surface area contributed by atoms with E-state index in [1.165, 1.54) is 19.3 Å². The normalized spacial score (nSPS) is 13.0. The van der Waals surface area contributed by atoms with Crippen molar-refractivity contribution >= 4 is 7.94 Å². The first kappa shape index (κ1) is 16.3. The molecule has 0 bridgehead atoms. The fourth-order valence-electron chi connectivity index (χ4n) is 1.63. The fraction of sp³-hybridized carbons (Fsp3) is 1.00. The van der Waals surface area contributed by atoms with Gasteiger partial charge in [-0.2, -0.15) is 0 Å². The van der Waals surface area contributed by atoms with Crippen LogP contribution in [0.4, 0.5) is 0 Å². The Balaban J connectivity index is 3.89. The van der Waals surface area contributed by atoms with Crippen molar-refractivity contribution < 1.29 is 13.6 Å². The summed E-state index contributed by atoms with van der Waals surface area (Å²) in [6, 6.07) is 0. The maximum absolute atomic E-state index is 5.90. The molecule has 0 spiro atoms. The zero-order chi connectivity index (χ0) is 12.3. The molecule has 4 heteroatoms. The van der Waals surface area contributed by atoms with Crippen LogP contribution in [0.2, 0.25) is 0 Å². The van der Waals surface area contributed by atoms with Gasteiger partial charge in [0.05, 0.1) is 0 Å². The van der Waals surface area contributed by atoms with Crippen LogP contribution in [0.5, 0.6) is 0 Å². The molecule has 0 saturated heterocycles. The van der Waals surface area contributed by atoms with E-state index in [0.29, 0.717) is 13.2 Å². The number of hydrogen-bond donors (Lipinski definition) is 0. The van der Waals surface area contributed by atoms with Gasteiger partial charge < -0.3 is 0 Å². The van der Waals surface area contributed by atoms with Crippen molar-refractivity contribution in [3.05, 3.63) is 0 Å². The molecule has 0 rings (SSSR count). The molecule has 0 aromatic heterocycles. The summed E-state index contributed by atoms with van der Waals surface area (Å²) in [6.45, 7) is 10.4. The van der Waals surface area contributed by atoms with Crippen LogP contribution in [-0.2, 0) is 13.6 Å². The van der Waals surface area contributed by atoms with Crippen molar-refractivity contribution in [1.29, 1.82) is 0 Å². The van der Waals surface area contributed by atoms with Crippen LogP contribution in [-0.4, -0.2) is 26.0 Å². The van der Waals surface area contributed by atoms with Gasteiger partial charge in [0.1, 0.15) is 0 Å². The summed E-state index contributed by atoms with van der Waals surface area (Å²) in [7, 11) is -2.33. The van der Waals surface area contributed by atoms with E-state index in [-0.39, 0.29) is 0 Å². The van der Waals surface area contributed by atoms with E-state index in [1.54, 1.807) is 0 Å². The Morgan fingerprint density at radius 1 is 0.750 bits per heavy atom. The molecule has 0 N–H and O–H groups in total. The predicted octanol–water partition coefficient (Wildman–Crippen LogP) is 4.17. The average molecular weight is 252 g/mol. The van der Waals surface area contributed by atoms with Crippen molar-refractivity contribution in [2.24, 2.45) is 0 Å². The van der Waals surface area contributed by atoms with E-state index >= 15 is 0 Å². The Bertz CT molecular complexity index is 147. The molecule has 0 heterocycles. The Morgan fingerprint density at radius 3 is 1.81 bits per heavy atom. The van der Waals surface area contributed by atoms with Crippen LogP contribution in [0, 0.1) is 0 Å². The van der Waals surface area contributed by atoms with Gasteiger partial charge in [-0.25, -0.2) is 0 Å². The maximum atomic E-state index is 5.90. The second-order valence-corrected chi connectivity index (χ2v) is 6.75. The van der Waals surface area contributed by atoms with Crippen LogP contribution in [0.15, 0.2) is 0 Å². The van der Waals surface area contributed by atoms with E-state index in [0.717, 1.165) is 19.2 Å². The third-order valence-corrected chi connectivity index (χ3v) is 5.45. The molecule has 3 nitrogen and oxygen atoms in total. The summed E-state index contributed by atoms with van der Waals surface area (Å²) in [5.74, 6) is 0. The first-order chi connectivity index (χ1) is 7.74. The number of hydrogen-bond acceptors (Lipinski definition) is 3. The van der Waals surface area contributed by atoms with E-state index in [4.69, 9.17) is 13.6 Å². The van der Waals surface area contributed by atoms with Crippen LogP contribution in [0.1, 0.15) is 53.4 Å². The third-order valence-electron chi connectivity index (χ3n) is 2.48. The molecular formula is C12H29O3P. The van der Waals surface area contributed by atoms with Crippen molar-refractivity contribution in [1.82, 2.24) is 0 Å². The number of unbranched alkanes of at least 4 members (excludes halogenated alkanes) is 3. The van der Waals surface area contributed by atoms with Crippen LogP contribution in [0.25, 0.3) is 0 Å². The molecule has 0 saturated carbocycles. The van der Waals surface area contributed by atoms with Gasteiger partial charge in [-0.15, -0.1) is 0 Å². The second kappa shape index (κ2) is 10.5. The zero-order valence-electron chi connectivity index (χ0n) is 11.4. The topological polar surface area (TPSA) is 27.7 Å². The van der Waals surface area contributed by atoms with Gasteiger partial charge >= 0.3 is 101 Å². The quantitative estimate of drug-likeness (QED) is 0.408. The molecule has 0 aliphatic carbocycles. The Kier molecular flexibility index (Phi) is 10.7. The SMILES string of the molecule is CCCCCCO[PH](CC)(OCC)OCC. The molecular weight excluding hydrogens is 223 g/mol. The monoisotopic (exact) mass is 252 g/mol. The molecule has 0 radical (unpaired) electrons. The summed E-state index contributed by atoms with van der Waals surface area (Å²) in [5.41, 5.74) is 0. The minimum absolute atomic E-state index is 0.676. The summed E-state index contributed by atoms with van der Waals surface area (Å²) in [4.78, 5) is 0. The second-order valence-electron chi connectivity index (χ2n) is 3.81. The molecule has 16 heavy (non-hydrogen) atoms. The molecule has 100 valence electrons. The third kappa shape index (κ3) is 6.80. The van der Waals surface area contributed by atoms with Crippen molar-refractivity contribution in [2.45, 2.75) is 53.4 Å². The predicted molar refractivity (Wildman–Crippen MR) is 72.2 cm³/mol. The van der Waals surface area contributed by atoms with Crippen LogP contribution < -0.4 is 0 Å². The van der Waals surface area contributed by atoms with Crippen molar-refractivity contribution in [3.8, 4) is 0 Å². The van der Waals surface area contributed by atoms with Crippen molar-refractivity contribution in [3.63, 3.8) is 0 Å². The molecule has 0 aliphatic rings. The van der Waals surface area contributed by atoms with Gasteiger partial charge in [0.2, 0.25) is 0 Å². The van der Waals surface area contributed by atoms with E-state index in [2.05, 4.69) is 13.8 Å². The zero-order valence-corrected chi connectivity index (χ0v) is 12.4. The van der Waals surface area contributed by atoms with Gasteiger partial charge in [-0.05, 0) is 0 Å². The van der Waals surface area contributed by atoms with Gasteiger partial charge in [0, 0.05) is 0 Å². The molecule has 0 aliphatic heterocycles. The Labute approximate surface area is 101 Å². The van der Waals surface area contributed by atoms with Crippen molar-refractivity contribution in [2.75, 3.05) is 26.0 Å². The van der Waals surface area contributed by atoms with E-state index in [1.807, 2.05) is 13.8 Å². The Hall–Kier alpha value is 0.310. The average Bonchev–Trinajstić information content (AvgIpc) is 2.29. The molecule has 0 fully saturated rings. The van der Waals surface area contributed by atoms with Crippen LogP contribution >= 0.6 is 7.94 Å². The summed E-state index contributed by atoms with van der Waals surface area (Å²) >= 11 is 0. The van der Waals surface area contributed by atoms with Gasteiger partial charge in [-0.1, -0.05) is 0 Å². The van der Waals surface area contributed by atoms with Gasteiger partial charge in [0.25, 0.3) is 0 Å². The van der Waals surface area contributed by atoms with Gasteiger partial charge in [-0.3, -0.25) is 0 Å². The molecule has 0 atom stereocenters. The molecule has 0 aromatic carbocycles. The first-order valence-electron chi connectivity index (χ1n) is 6.66. The van der Waals surface area contributed by atoms with E-state index < -0.39 is 7.94 Å². The summed E-state index contributed by atoms with van der Waals surface area (Å²) < 4.78 is 17.3. The summed E-state index contributed by atoms with van der Waals surface area (Å²) in [6.07, 6.45) is 5.76. The molecule has 0 amide bonds. The fourth-order valence-corrected chi connectivity index (χ4v) is 3.82. The first-order valence-corrected chi connectivity index (χ1v) is 8.59. The van der Waals surface area contributed by atoms with E-state index in [9.17, 15) is 0 Å². The van der Waals surface area contributed by atoms with Crippen LogP contribution in [0.3, 0.4) is 0 Å². The molecule has 0 unspecified atom stereocenters. The molecule has 0 aromatic rings. The number of rotatable bonds is 11.